The molecule has 1 spiro atoms. The smallest absolute Gasteiger partial charge is 0.0725 e. The molecule has 0 aliphatic heterocycles. The second kappa shape index (κ2) is 7.12. The van der Waals surface area contributed by atoms with E-state index in [1.54, 1.807) is 0 Å². The van der Waals surface area contributed by atoms with E-state index in [0.29, 0.717) is 0 Å². The Morgan fingerprint density at radius 3 is 1.58 bits per heavy atom. The summed E-state index contributed by atoms with van der Waals surface area (Å²) >= 11 is 0. The van der Waals surface area contributed by atoms with Gasteiger partial charge in [0.1, 0.15) is 0 Å². The van der Waals surface area contributed by atoms with Crippen LogP contribution >= 0.6 is 0 Å². The number of rotatable bonds is 1. The minimum atomic E-state index is -0.305. The Hall–Kier alpha value is -4.88. The Balaban J connectivity index is 1.39. The summed E-state index contributed by atoms with van der Waals surface area (Å²) in [7, 11) is 0. The van der Waals surface area contributed by atoms with Gasteiger partial charge >= 0.3 is 0 Å². The molecule has 1 nitrogen and oxygen atoms in total. The van der Waals surface area contributed by atoms with Crippen LogP contribution in [0.5, 0.6) is 0 Å². The van der Waals surface area contributed by atoms with Gasteiger partial charge in [0.25, 0.3) is 0 Å². The number of benzene rings is 6. The molecule has 1 heteroatoms. The number of fused-ring (bicyclic) bond motifs is 13. The second-order valence-electron chi connectivity index (χ2n) is 10.6. The highest BCUT2D eigenvalue weighted by atomic mass is 14.7. The topological polar surface area (TPSA) is 15.8 Å². The van der Waals surface area contributed by atoms with E-state index in [-0.39, 0.29) is 5.41 Å². The van der Waals surface area contributed by atoms with Gasteiger partial charge in [-0.2, -0.15) is 0 Å². The number of hydrogen-bond acceptors (Lipinski definition) is 0. The van der Waals surface area contributed by atoms with Crippen LogP contribution in [-0.4, -0.2) is 4.98 Å². The first-order valence-electron chi connectivity index (χ1n) is 13.3. The summed E-state index contributed by atoms with van der Waals surface area (Å²) in [6.45, 7) is 0. The van der Waals surface area contributed by atoms with Crippen LogP contribution in [-0.2, 0) is 5.41 Å². The van der Waals surface area contributed by atoms with Crippen molar-refractivity contribution in [1.29, 1.82) is 0 Å². The molecule has 1 aromatic heterocycles. The minimum Gasteiger partial charge on any atom is -0.354 e. The molecule has 0 atom stereocenters. The summed E-state index contributed by atoms with van der Waals surface area (Å²) in [6, 6.07) is 49.3. The summed E-state index contributed by atoms with van der Waals surface area (Å²) in [6.07, 6.45) is 0. The molecular weight excluding hydrogens is 458 g/mol. The van der Waals surface area contributed by atoms with Crippen LogP contribution in [0.2, 0.25) is 0 Å². The van der Waals surface area contributed by atoms with Crippen molar-refractivity contribution in [3.05, 3.63) is 156 Å². The summed E-state index contributed by atoms with van der Waals surface area (Å²) < 4.78 is 0. The number of H-pyrrole nitrogens is 1. The molecule has 1 heterocycles. The third kappa shape index (κ3) is 2.37. The lowest BCUT2D eigenvalue weighted by atomic mass is 9.70. The van der Waals surface area contributed by atoms with Crippen molar-refractivity contribution in [1.82, 2.24) is 4.98 Å². The maximum absolute atomic E-state index is 3.77. The summed E-state index contributed by atoms with van der Waals surface area (Å²) in [5.74, 6) is 0. The molecule has 2 aliphatic carbocycles. The first kappa shape index (κ1) is 20.2. The molecule has 9 rings (SSSR count). The number of aromatic nitrogens is 1. The van der Waals surface area contributed by atoms with Gasteiger partial charge in [-0.15, -0.1) is 0 Å². The zero-order valence-corrected chi connectivity index (χ0v) is 20.7. The van der Waals surface area contributed by atoms with Crippen LogP contribution in [0.1, 0.15) is 22.3 Å². The monoisotopic (exact) mass is 481 g/mol. The average Bonchev–Trinajstić information content (AvgIpc) is 3.59. The lowest BCUT2D eigenvalue weighted by molar-refractivity contribution is 0.795. The van der Waals surface area contributed by atoms with Gasteiger partial charge in [0.05, 0.1) is 5.41 Å². The van der Waals surface area contributed by atoms with Crippen LogP contribution in [0.3, 0.4) is 0 Å². The third-order valence-corrected chi connectivity index (χ3v) is 8.82. The van der Waals surface area contributed by atoms with Crippen molar-refractivity contribution in [2.24, 2.45) is 0 Å². The fraction of sp³-hybridized carbons (Fsp3) is 0.0270. The molecular formula is C37H23N. The van der Waals surface area contributed by atoms with Crippen LogP contribution < -0.4 is 0 Å². The van der Waals surface area contributed by atoms with Gasteiger partial charge in [-0.3, -0.25) is 0 Å². The van der Waals surface area contributed by atoms with E-state index in [4.69, 9.17) is 0 Å². The zero-order valence-electron chi connectivity index (χ0n) is 20.7. The molecule has 0 radical (unpaired) electrons. The standard InChI is InChI=1S/C37H23N/c1-2-10-23(11-3-1)24-18-19-28-30-21-34-29(22-36(30)38-35(28)20-24)27-14-6-9-17-33(27)37(34)31-15-7-4-12-25(31)26-13-5-8-16-32(26)37/h1-22,38H. The molecule has 1 N–H and O–H groups in total. The second-order valence-corrected chi connectivity index (χ2v) is 10.6. The molecule has 2 aliphatic rings. The Morgan fingerprint density at radius 2 is 0.921 bits per heavy atom. The van der Waals surface area contributed by atoms with Gasteiger partial charge in [-0.1, -0.05) is 115 Å². The lowest BCUT2D eigenvalue weighted by Crippen LogP contribution is -2.25. The average molecular weight is 482 g/mol. The Morgan fingerprint density at radius 1 is 0.368 bits per heavy atom. The van der Waals surface area contributed by atoms with E-state index in [1.807, 2.05) is 0 Å². The largest absolute Gasteiger partial charge is 0.354 e. The fourth-order valence-corrected chi connectivity index (χ4v) is 7.30. The quantitative estimate of drug-likeness (QED) is 0.240. The van der Waals surface area contributed by atoms with Crippen molar-refractivity contribution >= 4 is 21.8 Å². The van der Waals surface area contributed by atoms with Crippen LogP contribution in [0, 0.1) is 0 Å². The molecule has 38 heavy (non-hydrogen) atoms. The first-order valence-corrected chi connectivity index (χ1v) is 13.3. The summed E-state index contributed by atoms with van der Waals surface area (Å²) in [4.78, 5) is 3.77. The van der Waals surface area contributed by atoms with Crippen molar-refractivity contribution in [3.8, 4) is 33.4 Å². The molecule has 0 saturated heterocycles. The SMILES string of the molecule is c1ccc(-c2ccc3c(c2)[nH]c2cc4c(cc23)C2(c3ccccc3-c3ccccc32)c2ccccc2-4)cc1. The summed E-state index contributed by atoms with van der Waals surface area (Å²) in [5.41, 5.74) is 15.4. The van der Waals surface area contributed by atoms with Gasteiger partial charge in [0.15, 0.2) is 0 Å². The fourth-order valence-electron chi connectivity index (χ4n) is 7.30. The van der Waals surface area contributed by atoms with Crippen LogP contribution in [0.25, 0.3) is 55.2 Å². The van der Waals surface area contributed by atoms with E-state index in [1.165, 1.54) is 77.4 Å². The molecule has 0 bridgehead atoms. The van der Waals surface area contributed by atoms with E-state index in [0.717, 1.165) is 0 Å². The number of aromatic amines is 1. The molecule has 6 aromatic carbocycles. The van der Waals surface area contributed by atoms with Gasteiger partial charge in [0.2, 0.25) is 0 Å². The van der Waals surface area contributed by atoms with Crippen LogP contribution in [0.4, 0.5) is 0 Å². The third-order valence-electron chi connectivity index (χ3n) is 8.82. The van der Waals surface area contributed by atoms with Crippen molar-refractivity contribution in [3.63, 3.8) is 0 Å². The van der Waals surface area contributed by atoms with E-state index in [9.17, 15) is 0 Å². The maximum atomic E-state index is 3.77. The Bertz CT molecular complexity index is 2030. The Labute approximate surface area is 221 Å². The van der Waals surface area contributed by atoms with Crippen molar-refractivity contribution in [2.75, 3.05) is 0 Å². The maximum Gasteiger partial charge on any atom is 0.0725 e. The van der Waals surface area contributed by atoms with E-state index >= 15 is 0 Å². The predicted molar refractivity (Wildman–Crippen MR) is 158 cm³/mol. The lowest BCUT2D eigenvalue weighted by Gasteiger charge is -2.30. The highest BCUT2D eigenvalue weighted by molar-refractivity contribution is 6.11. The van der Waals surface area contributed by atoms with Gasteiger partial charge < -0.3 is 4.98 Å². The first-order chi connectivity index (χ1) is 18.8. The molecule has 0 fully saturated rings. The molecule has 0 saturated carbocycles. The molecule has 176 valence electrons. The van der Waals surface area contributed by atoms with E-state index < -0.39 is 0 Å². The highest BCUT2D eigenvalue weighted by Gasteiger charge is 2.51. The van der Waals surface area contributed by atoms with Crippen LogP contribution in [0.15, 0.2) is 133 Å². The van der Waals surface area contributed by atoms with E-state index in [2.05, 4.69) is 138 Å². The van der Waals surface area contributed by atoms with Gasteiger partial charge in [0, 0.05) is 21.8 Å². The van der Waals surface area contributed by atoms with Crippen molar-refractivity contribution < 1.29 is 0 Å². The van der Waals surface area contributed by atoms with Gasteiger partial charge in [-0.05, 0) is 73.8 Å². The molecule has 0 amide bonds. The van der Waals surface area contributed by atoms with Gasteiger partial charge in [-0.25, -0.2) is 0 Å². The molecule has 7 aromatic rings. The minimum absolute atomic E-state index is 0.305. The highest BCUT2D eigenvalue weighted by Crippen LogP contribution is 2.63. The normalized spacial score (nSPS) is 14.0. The number of nitrogens with one attached hydrogen (secondary N) is 1. The predicted octanol–water partition coefficient (Wildman–Crippen LogP) is 9.33. The summed E-state index contributed by atoms with van der Waals surface area (Å²) in [5, 5.41) is 2.56. The van der Waals surface area contributed by atoms with Crippen molar-refractivity contribution in [2.45, 2.75) is 5.41 Å². The number of hydrogen-bond donors (Lipinski definition) is 1. The zero-order chi connectivity index (χ0) is 24.8. The molecule has 0 unspecified atom stereocenters. The Kier molecular flexibility index (Phi) is 3.78.